The van der Waals surface area contributed by atoms with E-state index in [1.165, 1.54) is 24.8 Å². The second-order valence-corrected chi connectivity index (χ2v) is 4.18. The molecule has 0 radical (unpaired) electrons. The number of amides is 1. The molecule has 2 heterocycles. The Hall–Kier alpha value is -0.830. The Labute approximate surface area is 85.2 Å². The molecule has 0 aromatic carbocycles. The summed E-state index contributed by atoms with van der Waals surface area (Å²) in [6.45, 7) is 5.69. The SMILES string of the molecule is CC(C(=O)N1CCCCC1)=C1CNC1. The molecule has 78 valence electrons. The van der Waals surface area contributed by atoms with Gasteiger partial charge in [0.1, 0.15) is 0 Å². The van der Waals surface area contributed by atoms with Gasteiger partial charge in [0.25, 0.3) is 0 Å². The largest absolute Gasteiger partial charge is 0.339 e. The fourth-order valence-electron chi connectivity index (χ4n) is 2.00. The molecule has 0 spiro atoms. The molecule has 1 amide bonds. The molecule has 0 saturated carbocycles. The zero-order chi connectivity index (χ0) is 9.97. The van der Waals surface area contributed by atoms with E-state index < -0.39 is 0 Å². The molecule has 14 heavy (non-hydrogen) atoms. The minimum atomic E-state index is 0.265. The molecule has 0 unspecified atom stereocenters. The van der Waals surface area contributed by atoms with E-state index in [1.54, 1.807) is 0 Å². The Bertz CT molecular complexity index is 258. The monoisotopic (exact) mass is 194 g/mol. The molecule has 0 aromatic heterocycles. The Morgan fingerprint density at radius 3 is 2.36 bits per heavy atom. The standard InChI is InChI=1S/C11H18N2O/c1-9(10-7-12-8-10)11(14)13-5-3-2-4-6-13/h12H,2-8H2,1H3. The summed E-state index contributed by atoms with van der Waals surface area (Å²) in [7, 11) is 0. The molecule has 3 heteroatoms. The van der Waals surface area contributed by atoms with Crippen LogP contribution >= 0.6 is 0 Å². The minimum absolute atomic E-state index is 0.265. The normalized spacial score (nSPS) is 21.8. The third-order valence-electron chi connectivity index (χ3n) is 3.17. The predicted octanol–water partition coefficient (Wildman–Crippen LogP) is 0.919. The number of hydrogen-bond donors (Lipinski definition) is 1. The van der Waals surface area contributed by atoms with E-state index in [0.29, 0.717) is 0 Å². The van der Waals surface area contributed by atoms with E-state index in [2.05, 4.69) is 5.32 Å². The number of nitrogens with one attached hydrogen (secondary N) is 1. The van der Waals surface area contributed by atoms with Crippen molar-refractivity contribution in [1.82, 2.24) is 10.2 Å². The highest BCUT2D eigenvalue weighted by Crippen LogP contribution is 2.15. The van der Waals surface area contributed by atoms with Crippen LogP contribution in [-0.2, 0) is 4.79 Å². The number of piperidine rings is 1. The van der Waals surface area contributed by atoms with Crippen molar-refractivity contribution in [3.05, 3.63) is 11.1 Å². The first-order chi connectivity index (χ1) is 6.79. The minimum Gasteiger partial charge on any atom is -0.339 e. The van der Waals surface area contributed by atoms with Gasteiger partial charge < -0.3 is 10.2 Å². The lowest BCUT2D eigenvalue weighted by Crippen LogP contribution is -2.40. The van der Waals surface area contributed by atoms with Gasteiger partial charge in [-0.1, -0.05) is 0 Å². The van der Waals surface area contributed by atoms with Crippen LogP contribution in [0.4, 0.5) is 0 Å². The van der Waals surface area contributed by atoms with Gasteiger partial charge in [0, 0.05) is 31.8 Å². The van der Waals surface area contributed by atoms with Gasteiger partial charge in [0.2, 0.25) is 5.91 Å². The van der Waals surface area contributed by atoms with Crippen molar-refractivity contribution in [1.29, 1.82) is 0 Å². The van der Waals surface area contributed by atoms with Gasteiger partial charge in [-0.05, 0) is 31.8 Å². The number of rotatable bonds is 1. The van der Waals surface area contributed by atoms with Crippen LogP contribution in [0, 0.1) is 0 Å². The number of carbonyl (C=O) groups excluding carboxylic acids is 1. The maximum Gasteiger partial charge on any atom is 0.249 e. The van der Waals surface area contributed by atoms with Crippen molar-refractivity contribution in [2.24, 2.45) is 0 Å². The molecule has 0 aromatic rings. The Balaban J connectivity index is 1.99. The topological polar surface area (TPSA) is 32.3 Å². The summed E-state index contributed by atoms with van der Waals surface area (Å²) in [6.07, 6.45) is 3.63. The maximum absolute atomic E-state index is 12.0. The average molecular weight is 194 g/mol. The highest BCUT2D eigenvalue weighted by atomic mass is 16.2. The first-order valence-corrected chi connectivity index (χ1v) is 5.47. The fourth-order valence-corrected chi connectivity index (χ4v) is 2.00. The summed E-state index contributed by atoms with van der Waals surface area (Å²) in [6, 6.07) is 0. The van der Waals surface area contributed by atoms with Crippen molar-refractivity contribution in [3.8, 4) is 0 Å². The third kappa shape index (κ3) is 1.82. The Morgan fingerprint density at radius 2 is 1.86 bits per heavy atom. The number of nitrogens with zero attached hydrogens (tertiary/aromatic N) is 1. The first-order valence-electron chi connectivity index (χ1n) is 5.47. The van der Waals surface area contributed by atoms with Crippen LogP contribution in [0.2, 0.25) is 0 Å². The molecular weight excluding hydrogens is 176 g/mol. The van der Waals surface area contributed by atoms with Crippen molar-refractivity contribution in [3.63, 3.8) is 0 Å². The Kier molecular flexibility index (Phi) is 2.87. The maximum atomic E-state index is 12.0. The molecular formula is C11H18N2O. The quantitative estimate of drug-likeness (QED) is 0.629. The number of likely N-dealkylation sites (tertiary alicyclic amines) is 1. The lowest BCUT2D eigenvalue weighted by atomic mass is 10.0. The van der Waals surface area contributed by atoms with Crippen LogP contribution < -0.4 is 5.32 Å². The molecule has 2 fully saturated rings. The van der Waals surface area contributed by atoms with Crippen LogP contribution in [0.5, 0.6) is 0 Å². The molecule has 3 nitrogen and oxygen atoms in total. The number of hydrogen-bond acceptors (Lipinski definition) is 2. The van der Waals surface area contributed by atoms with E-state index in [-0.39, 0.29) is 5.91 Å². The molecule has 2 rings (SSSR count). The number of carbonyl (C=O) groups is 1. The van der Waals surface area contributed by atoms with E-state index in [0.717, 1.165) is 31.8 Å². The lowest BCUT2D eigenvalue weighted by molar-refractivity contribution is -0.128. The lowest BCUT2D eigenvalue weighted by Gasteiger charge is -2.29. The first kappa shape index (κ1) is 9.71. The summed E-state index contributed by atoms with van der Waals surface area (Å²) in [5.74, 6) is 0.265. The van der Waals surface area contributed by atoms with Gasteiger partial charge in [-0.25, -0.2) is 0 Å². The van der Waals surface area contributed by atoms with Crippen molar-refractivity contribution >= 4 is 5.91 Å². The van der Waals surface area contributed by atoms with Crippen LogP contribution in [0.3, 0.4) is 0 Å². The molecule has 0 bridgehead atoms. The molecule has 0 aliphatic carbocycles. The highest BCUT2D eigenvalue weighted by molar-refractivity contribution is 5.94. The molecule has 2 saturated heterocycles. The van der Waals surface area contributed by atoms with Crippen molar-refractivity contribution in [2.45, 2.75) is 26.2 Å². The summed E-state index contributed by atoms with van der Waals surface area (Å²) in [4.78, 5) is 14.0. The zero-order valence-electron chi connectivity index (χ0n) is 8.81. The van der Waals surface area contributed by atoms with Gasteiger partial charge in [-0.3, -0.25) is 4.79 Å². The fraction of sp³-hybridized carbons (Fsp3) is 0.727. The second-order valence-electron chi connectivity index (χ2n) is 4.18. The van der Waals surface area contributed by atoms with Gasteiger partial charge in [-0.15, -0.1) is 0 Å². The Morgan fingerprint density at radius 1 is 1.21 bits per heavy atom. The summed E-state index contributed by atoms with van der Waals surface area (Å²) in [5, 5.41) is 3.17. The highest BCUT2D eigenvalue weighted by Gasteiger charge is 2.21. The van der Waals surface area contributed by atoms with Crippen LogP contribution in [0.15, 0.2) is 11.1 Å². The average Bonchev–Trinajstić information content (AvgIpc) is 2.15. The van der Waals surface area contributed by atoms with Gasteiger partial charge in [-0.2, -0.15) is 0 Å². The van der Waals surface area contributed by atoms with E-state index >= 15 is 0 Å². The molecule has 2 aliphatic rings. The van der Waals surface area contributed by atoms with Gasteiger partial charge in [0.15, 0.2) is 0 Å². The van der Waals surface area contributed by atoms with Gasteiger partial charge in [0.05, 0.1) is 0 Å². The van der Waals surface area contributed by atoms with Crippen LogP contribution in [0.25, 0.3) is 0 Å². The van der Waals surface area contributed by atoms with E-state index in [9.17, 15) is 4.79 Å². The predicted molar refractivity (Wildman–Crippen MR) is 56.0 cm³/mol. The summed E-state index contributed by atoms with van der Waals surface area (Å²) < 4.78 is 0. The van der Waals surface area contributed by atoms with E-state index in [1.807, 2.05) is 11.8 Å². The second kappa shape index (κ2) is 4.13. The van der Waals surface area contributed by atoms with Crippen molar-refractivity contribution < 1.29 is 4.79 Å². The van der Waals surface area contributed by atoms with Crippen LogP contribution in [0.1, 0.15) is 26.2 Å². The van der Waals surface area contributed by atoms with Gasteiger partial charge >= 0.3 is 0 Å². The third-order valence-corrected chi connectivity index (χ3v) is 3.17. The molecule has 2 aliphatic heterocycles. The van der Waals surface area contributed by atoms with Crippen molar-refractivity contribution in [2.75, 3.05) is 26.2 Å². The van der Waals surface area contributed by atoms with Crippen LogP contribution in [-0.4, -0.2) is 37.0 Å². The molecule has 1 N–H and O–H groups in total. The molecule has 0 atom stereocenters. The van der Waals surface area contributed by atoms with E-state index in [4.69, 9.17) is 0 Å². The zero-order valence-corrected chi connectivity index (χ0v) is 8.81. The smallest absolute Gasteiger partial charge is 0.249 e. The summed E-state index contributed by atoms with van der Waals surface area (Å²) >= 11 is 0. The summed E-state index contributed by atoms with van der Waals surface area (Å²) in [5.41, 5.74) is 2.27.